The third-order valence-corrected chi connectivity index (χ3v) is 6.25. The Kier molecular flexibility index (Phi) is 4.00. The second-order valence-corrected chi connectivity index (χ2v) is 7.39. The fourth-order valence-electron chi connectivity index (χ4n) is 2.03. The predicted molar refractivity (Wildman–Crippen MR) is 70.4 cm³/mol. The largest absolute Gasteiger partial charge is 0.480 e. The number of carbonyl (C=O) groups is 1. The second-order valence-electron chi connectivity index (χ2n) is 4.53. The number of aromatic nitrogens is 1. The molecule has 1 aromatic heterocycles. The molecule has 20 heavy (non-hydrogen) atoms. The van der Waals surface area contributed by atoms with Crippen molar-refractivity contribution in [3.63, 3.8) is 0 Å². The van der Waals surface area contributed by atoms with Gasteiger partial charge in [-0.3, -0.25) is 9.59 Å². The van der Waals surface area contributed by atoms with Gasteiger partial charge < -0.3 is 14.8 Å². The van der Waals surface area contributed by atoms with Crippen molar-refractivity contribution in [1.29, 1.82) is 0 Å². The summed E-state index contributed by atoms with van der Waals surface area (Å²) in [6.07, 6.45) is 0.0832. The molecule has 0 saturated carbocycles. The Morgan fingerprint density at radius 2 is 2.05 bits per heavy atom. The van der Waals surface area contributed by atoms with Crippen molar-refractivity contribution in [2.45, 2.75) is 29.5 Å². The molecule has 10 heteroatoms. The molecule has 3 N–H and O–H groups in total. The van der Waals surface area contributed by atoms with E-state index in [-0.39, 0.29) is 36.0 Å². The van der Waals surface area contributed by atoms with Crippen molar-refractivity contribution in [2.24, 2.45) is 0 Å². The maximum absolute atomic E-state index is 12.3. The van der Waals surface area contributed by atoms with Gasteiger partial charge in [-0.25, -0.2) is 8.42 Å². The zero-order valence-electron chi connectivity index (χ0n) is 10.6. The summed E-state index contributed by atoms with van der Waals surface area (Å²) >= 11 is 0.535. The van der Waals surface area contributed by atoms with E-state index < -0.39 is 26.4 Å². The van der Waals surface area contributed by atoms with Gasteiger partial charge in [0.2, 0.25) is 0 Å². The van der Waals surface area contributed by atoms with Gasteiger partial charge in [0.1, 0.15) is 5.54 Å². The highest BCUT2D eigenvalue weighted by atomic mass is 32.2. The Morgan fingerprint density at radius 3 is 2.50 bits per heavy atom. The quantitative estimate of drug-likeness (QED) is 0.696. The van der Waals surface area contributed by atoms with Gasteiger partial charge in [-0.05, 0) is 6.92 Å². The van der Waals surface area contributed by atoms with Gasteiger partial charge >= 0.3 is 10.8 Å². The van der Waals surface area contributed by atoms with Crippen molar-refractivity contribution >= 4 is 27.3 Å². The summed E-state index contributed by atoms with van der Waals surface area (Å²) in [4.78, 5) is 24.5. The summed E-state index contributed by atoms with van der Waals surface area (Å²) in [6, 6.07) is 0. The number of nitrogens with one attached hydrogen (secondary N) is 2. The molecule has 0 amide bonds. The molecule has 0 bridgehead atoms. The average Bonchev–Trinajstić information content (AvgIpc) is 2.70. The molecule has 1 fully saturated rings. The SMILES string of the molecule is Cc1[nH]c(=O)sc1S(=O)(=O)NC1(C(=O)O)CCOCC1. The fourth-order valence-corrected chi connectivity index (χ4v) is 4.75. The zero-order chi connectivity index (χ0) is 15.0. The fraction of sp³-hybridized carbons (Fsp3) is 0.600. The van der Waals surface area contributed by atoms with Crippen LogP contribution in [0, 0.1) is 6.92 Å². The van der Waals surface area contributed by atoms with Crippen LogP contribution >= 0.6 is 11.3 Å². The zero-order valence-corrected chi connectivity index (χ0v) is 12.3. The van der Waals surface area contributed by atoms with Crippen LogP contribution in [0.4, 0.5) is 0 Å². The standard InChI is InChI=1S/C10H14N2O6S2/c1-6-7(19-9(15)11-6)20(16,17)12-10(8(13)14)2-4-18-5-3-10/h12H,2-5H2,1H3,(H,11,15)(H,13,14). The van der Waals surface area contributed by atoms with Crippen LogP contribution in [-0.2, 0) is 19.6 Å². The molecule has 0 aliphatic carbocycles. The van der Waals surface area contributed by atoms with Crippen molar-refractivity contribution in [3.8, 4) is 0 Å². The van der Waals surface area contributed by atoms with Crippen LogP contribution in [0.15, 0.2) is 9.00 Å². The van der Waals surface area contributed by atoms with Crippen LogP contribution in [0.1, 0.15) is 18.5 Å². The summed E-state index contributed by atoms with van der Waals surface area (Å²) in [6.45, 7) is 1.78. The maximum atomic E-state index is 12.3. The molecule has 8 nitrogen and oxygen atoms in total. The number of aryl methyl sites for hydroxylation is 1. The van der Waals surface area contributed by atoms with Gasteiger partial charge in [0.15, 0.2) is 4.21 Å². The van der Waals surface area contributed by atoms with E-state index in [2.05, 4.69) is 9.71 Å². The van der Waals surface area contributed by atoms with E-state index in [0.717, 1.165) is 0 Å². The number of carboxylic acid groups (broad SMARTS) is 1. The van der Waals surface area contributed by atoms with Crippen molar-refractivity contribution in [2.75, 3.05) is 13.2 Å². The Morgan fingerprint density at radius 1 is 1.45 bits per heavy atom. The number of aliphatic carboxylic acids is 1. The van der Waals surface area contributed by atoms with E-state index in [0.29, 0.717) is 11.3 Å². The topological polar surface area (TPSA) is 126 Å². The second kappa shape index (κ2) is 5.28. The first-order valence-electron chi connectivity index (χ1n) is 5.82. The highest BCUT2D eigenvalue weighted by Gasteiger charge is 2.44. The smallest absolute Gasteiger partial charge is 0.325 e. The summed E-state index contributed by atoms with van der Waals surface area (Å²) in [5.74, 6) is -1.25. The van der Waals surface area contributed by atoms with Gasteiger partial charge in [-0.15, -0.1) is 0 Å². The van der Waals surface area contributed by atoms with E-state index in [9.17, 15) is 23.1 Å². The van der Waals surface area contributed by atoms with Crippen molar-refractivity contribution < 1.29 is 23.1 Å². The molecular weight excluding hydrogens is 308 g/mol. The number of hydrogen-bond donors (Lipinski definition) is 3. The first-order valence-corrected chi connectivity index (χ1v) is 8.12. The number of H-pyrrole nitrogens is 1. The first kappa shape index (κ1) is 15.2. The molecule has 0 radical (unpaired) electrons. The number of carboxylic acids is 1. The minimum atomic E-state index is -4.07. The van der Waals surface area contributed by atoms with Crippen LogP contribution in [-0.4, -0.2) is 43.2 Å². The monoisotopic (exact) mass is 322 g/mol. The third kappa shape index (κ3) is 2.77. The van der Waals surface area contributed by atoms with Crippen molar-refractivity contribution in [1.82, 2.24) is 9.71 Å². The Balaban J connectivity index is 2.37. The Bertz CT molecular complexity index is 668. The lowest BCUT2D eigenvalue weighted by Gasteiger charge is -2.33. The third-order valence-electron chi connectivity index (χ3n) is 3.11. The number of hydrogen-bond acceptors (Lipinski definition) is 6. The molecule has 112 valence electrons. The first-order chi connectivity index (χ1) is 9.27. The summed E-state index contributed by atoms with van der Waals surface area (Å²) in [5, 5.41) is 9.32. The van der Waals surface area contributed by atoms with E-state index in [1.807, 2.05) is 0 Å². The molecule has 2 heterocycles. The molecule has 0 aromatic carbocycles. The molecule has 1 saturated heterocycles. The number of sulfonamides is 1. The van der Waals surface area contributed by atoms with E-state index in [1.54, 1.807) is 0 Å². The maximum Gasteiger partial charge on any atom is 0.325 e. The Hall–Kier alpha value is -1.23. The summed E-state index contributed by atoms with van der Waals surface area (Å²) in [7, 11) is -4.07. The van der Waals surface area contributed by atoms with Crippen LogP contribution in [0.2, 0.25) is 0 Å². The minimum Gasteiger partial charge on any atom is -0.480 e. The molecule has 1 aromatic rings. The lowest BCUT2D eigenvalue weighted by Crippen LogP contribution is -2.57. The number of thiazole rings is 1. The highest BCUT2D eigenvalue weighted by Crippen LogP contribution is 2.25. The minimum absolute atomic E-state index is 0.0416. The number of rotatable bonds is 4. The summed E-state index contributed by atoms with van der Waals surface area (Å²) < 4.78 is 31.7. The van der Waals surface area contributed by atoms with Gasteiger partial charge in [-0.2, -0.15) is 4.72 Å². The van der Waals surface area contributed by atoms with Gasteiger partial charge in [0, 0.05) is 31.7 Å². The molecule has 1 aliphatic heterocycles. The molecule has 0 atom stereocenters. The normalized spacial score (nSPS) is 18.9. The average molecular weight is 322 g/mol. The van der Waals surface area contributed by atoms with E-state index in [1.165, 1.54) is 6.92 Å². The van der Waals surface area contributed by atoms with E-state index >= 15 is 0 Å². The molecular formula is C10H14N2O6S2. The molecule has 0 unspecified atom stereocenters. The molecule has 0 spiro atoms. The lowest BCUT2D eigenvalue weighted by molar-refractivity contribution is -0.147. The number of aromatic amines is 1. The van der Waals surface area contributed by atoms with Gasteiger partial charge in [-0.1, -0.05) is 11.3 Å². The van der Waals surface area contributed by atoms with Crippen LogP contribution in [0.25, 0.3) is 0 Å². The van der Waals surface area contributed by atoms with Crippen LogP contribution in [0.3, 0.4) is 0 Å². The van der Waals surface area contributed by atoms with Gasteiger partial charge in [0.25, 0.3) is 10.0 Å². The predicted octanol–water partition coefficient (Wildman–Crippen LogP) is -0.343. The lowest BCUT2D eigenvalue weighted by atomic mass is 9.92. The number of ether oxygens (including phenoxy) is 1. The van der Waals surface area contributed by atoms with Gasteiger partial charge in [0.05, 0.1) is 0 Å². The molecule has 1 aliphatic rings. The summed E-state index contributed by atoms with van der Waals surface area (Å²) in [5.41, 5.74) is -1.39. The van der Waals surface area contributed by atoms with Crippen molar-refractivity contribution in [3.05, 3.63) is 15.4 Å². The Labute approximate surface area is 118 Å². The van der Waals surface area contributed by atoms with E-state index in [4.69, 9.17) is 4.74 Å². The highest BCUT2D eigenvalue weighted by molar-refractivity contribution is 7.91. The molecule has 2 rings (SSSR count). The van der Waals surface area contributed by atoms with Crippen LogP contribution < -0.4 is 9.60 Å². The van der Waals surface area contributed by atoms with Crippen LogP contribution in [0.5, 0.6) is 0 Å².